The fourth-order valence-corrected chi connectivity index (χ4v) is 1.51. The molecule has 2 amide bonds. The van der Waals surface area contributed by atoms with Gasteiger partial charge in [0.15, 0.2) is 0 Å². The maximum Gasteiger partial charge on any atom is 0.354 e. The zero-order chi connectivity index (χ0) is 14.6. The highest BCUT2D eigenvalue weighted by molar-refractivity contribution is 5.95. The molecule has 1 heterocycles. The van der Waals surface area contributed by atoms with Crippen molar-refractivity contribution in [2.24, 2.45) is 5.73 Å². The van der Waals surface area contributed by atoms with E-state index in [9.17, 15) is 14.4 Å². The Hall–Kier alpha value is -2.44. The number of rotatable bonds is 5. The van der Waals surface area contributed by atoms with Crippen LogP contribution in [0.25, 0.3) is 0 Å². The van der Waals surface area contributed by atoms with Crippen molar-refractivity contribution >= 4 is 17.8 Å². The Balaban J connectivity index is 2.78. The molecule has 0 bridgehead atoms. The number of aromatic carboxylic acids is 1. The van der Waals surface area contributed by atoms with Gasteiger partial charge in [-0.1, -0.05) is 0 Å². The van der Waals surface area contributed by atoms with Gasteiger partial charge in [-0.05, 0) is 26.0 Å². The molecule has 0 aromatic carbocycles. The summed E-state index contributed by atoms with van der Waals surface area (Å²) in [7, 11) is 0. The first-order chi connectivity index (χ1) is 8.71. The molecular formula is C12H15N3O4. The molecular weight excluding hydrogens is 250 g/mol. The fourth-order valence-electron chi connectivity index (χ4n) is 1.51. The largest absolute Gasteiger partial charge is 0.477 e. The maximum atomic E-state index is 11.9. The number of nitrogens with two attached hydrogens (primary N) is 1. The number of carbonyl (C=O) groups is 3. The maximum absolute atomic E-state index is 11.9. The normalized spacial score (nSPS) is 10.8. The zero-order valence-corrected chi connectivity index (χ0v) is 10.6. The highest BCUT2D eigenvalue weighted by atomic mass is 16.4. The van der Waals surface area contributed by atoms with Gasteiger partial charge in [0.2, 0.25) is 5.91 Å². The molecule has 0 radical (unpaired) electrons. The quantitative estimate of drug-likeness (QED) is 0.700. The van der Waals surface area contributed by atoms with Crippen LogP contribution in [0.3, 0.4) is 0 Å². The first-order valence-electron chi connectivity index (χ1n) is 5.51. The average molecular weight is 265 g/mol. The van der Waals surface area contributed by atoms with Crippen LogP contribution < -0.4 is 11.1 Å². The molecule has 1 rings (SSSR count). The lowest BCUT2D eigenvalue weighted by Crippen LogP contribution is -2.46. The molecule has 1 aromatic rings. The molecule has 7 heteroatoms. The van der Waals surface area contributed by atoms with Crippen LogP contribution in [0, 0.1) is 0 Å². The third-order valence-corrected chi connectivity index (χ3v) is 2.31. The van der Waals surface area contributed by atoms with Gasteiger partial charge in [0.1, 0.15) is 5.69 Å². The van der Waals surface area contributed by atoms with Crippen LogP contribution >= 0.6 is 0 Å². The highest BCUT2D eigenvalue weighted by Crippen LogP contribution is 2.09. The van der Waals surface area contributed by atoms with Gasteiger partial charge >= 0.3 is 5.97 Å². The van der Waals surface area contributed by atoms with E-state index in [2.05, 4.69) is 10.3 Å². The first kappa shape index (κ1) is 14.6. The van der Waals surface area contributed by atoms with E-state index in [1.807, 2.05) is 0 Å². The van der Waals surface area contributed by atoms with Gasteiger partial charge in [0.25, 0.3) is 5.91 Å². The Bertz CT molecular complexity index is 508. The van der Waals surface area contributed by atoms with E-state index < -0.39 is 23.3 Å². The van der Waals surface area contributed by atoms with Crippen molar-refractivity contribution in [1.82, 2.24) is 10.3 Å². The van der Waals surface area contributed by atoms with Gasteiger partial charge in [-0.2, -0.15) is 0 Å². The molecule has 0 aliphatic heterocycles. The Kier molecular flexibility index (Phi) is 4.21. The number of aromatic nitrogens is 1. The molecule has 4 N–H and O–H groups in total. The summed E-state index contributed by atoms with van der Waals surface area (Å²) in [6.45, 7) is 3.32. The van der Waals surface area contributed by atoms with Crippen LogP contribution in [-0.2, 0) is 4.79 Å². The first-order valence-corrected chi connectivity index (χ1v) is 5.51. The lowest BCUT2D eigenvalue weighted by molar-refractivity contribution is -0.119. The van der Waals surface area contributed by atoms with Gasteiger partial charge in [0, 0.05) is 18.2 Å². The van der Waals surface area contributed by atoms with Crippen molar-refractivity contribution in [3.63, 3.8) is 0 Å². The summed E-state index contributed by atoms with van der Waals surface area (Å²) < 4.78 is 0. The zero-order valence-electron chi connectivity index (χ0n) is 10.6. The van der Waals surface area contributed by atoms with Crippen molar-refractivity contribution in [2.75, 3.05) is 0 Å². The van der Waals surface area contributed by atoms with Gasteiger partial charge < -0.3 is 16.2 Å². The molecule has 0 unspecified atom stereocenters. The molecule has 0 atom stereocenters. The number of primary amides is 1. The minimum atomic E-state index is -1.17. The van der Waals surface area contributed by atoms with E-state index in [0.29, 0.717) is 0 Å². The van der Waals surface area contributed by atoms with Gasteiger partial charge in [-0.3, -0.25) is 9.59 Å². The molecule has 102 valence electrons. The predicted octanol–water partition coefficient (Wildman–Crippen LogP) is 0.164. The lowest BCUT2D eigenvalue weighted by Gasteiger charge is -2.24. The van der Waals surface area contributed by atoms with Gasteiger partial charge in [0.05, 0.1) is 5.56 Å². The van der Waals surface area contributed by atoms with Crippen LogP contribution in [0.15, 0.2) is 18.3 Å². The summed E-state index contributed by atoms with van der Waals surface area (Å²) in [5, 5.41) is 11.3. The lowest BCUT2D eigenvalue weighted by atomic mass is 10.00. The van der Waals surface area contributed by atoms with Crippen molar-refractivity contribution in [3.8, 4) is 0 Å². The third kappa shape index (κ3) is 4.38. The second kappa shape index (κ2) is 5.47. The Morgan fingerprint density at radius 1 is 1.37 bits per heavy atom. The van der Waals surface area contributed by atoms with E-state index in [1.54, 1.807) is 13.8 Å². The highest BCUT2D eigenvalue weighted by Gasteiger charge is 2.23. The van der Waals surface area contributed by atoms with E-state index >= 15 is 0 Å². The smallest absolute Gasteiger partial charge is 0.354 e. The van der Waals surface area contributed by atoms with Crippen molar-refractivity contribution in [1.29, 1.82) is 0 Å². The number of nitrogens with zero attached hydrogens (tertiary/aromatic N) is 1. The molecule has 7 nitrogen and oxygen atoms in total. The SMILES string of the molecule is CC(C)(CC(N)=O)NC(=O)c1ccc(C(=O)O)nc1. The molecule has 0 saturated heterocycles. The second-order valence-corrected chi connectivity index (χ2v) is 4.72. The van der Waals surface area contributed by atoms with E-state index in [0.717, 1.165) is 0 Å². The molecule has 0 fully saturated rings. The summed E-state index contributed by atoms with van der Waals surface area (Å²) in [5.41, 5.74) is 4.36. The number of nitrogens with one attached hydrogen (secondary N) is 1. The predicted molar refractivity (Wildman–Crippen MR) is 66.6 cm³/mol. The van der Waals surface area contributed by atoms with Crippen LogP contribution in [-0.4, -0.2) is 33.4 Å². The molecule has 19 heavy (non-hydrogen) atoms. The van der Waals surface area contributed by atoms with Crippen molar-refractivity contribution < 1.29 is 19.5 Å². The molecule has 0 aliphatic rings. The summed E-state index contributed by atoms with van der Waals surface area (Å²) >= 11 is 0. The Morgan fingerprint density at radius 2 is 2.00 bits per heavy atom. The molecule has 0 spiro atoms. The van der Waals surface area contributed by atoms with Crippen LogP contribution in [0.4, 0.5) is 0 Å². The van der Waals surface area contributed by atoms with E-state index in [1.165, 1.54) is 18.3 Å². The number of pyridine rings is 1. The Labute approximate surface area is 109 Å². The van der Waals surface area contributed by atoms with Gasteiger partial charge in [-0.25, -0.2) is 9.78 Å². The third-order valence-electron chi connectivity index (χ3n) is 2.31. The average Bonchev–Trinajstić information content (AvgIpc) is 2.26. The van der Waals surface area contributed by atoms with Crippen molar-refractivity contribution in [2.45, 2.75) is 25.8 Å². The number of carboxylic acid groups (broad SMARTS) is 1. The monoisotopic (exact) mass is 265 g/mol. The second-order valence-electron chi connectivity index (χ2n) is 4.72. The van der Waals surface area contributed by atoms with Crippen molar-refractivity contribution in [3.05, 3.63) is 29.6 Å². The number of hydrogen-bond donors (Lipinski definition) is 3. The number of carbonyl (C=O) groups excluding carboxylic acids is 2. The fraction of sp³-hybridized carbons (Fsp3) is 0.333. The summed E-state index contributed by atoms with van der Waals surface area (Å²) in [5.74, 6) is -2.14. The van der Waals surface area contributed by atoms with E-state index in [4.69, 9.17) is 10.8 Å². The number of carboxylic acids is 1. The van der Waals surface area contributed by atoms with Crippen LogP contribution in [0.1, 0.15) is 41.1 Å². The van der Waals surface area contributed by atoms with Gasteiger partial charge in [-0.15, -0.1) is 0 Å². The molecule has 1 aromatic heterocycles. The number of hydrogen-bond acceptors (Lipinski definition) is 4. The summed E-state index contributed by atoms with van der Waals surface area (Å²) in [4.78, 5) is 37.0. The molecule has 0 aliphatic carbocycles. The topological polar surface area (TPSA) is 122 Å². The van der Waals surface area contributed by atoms with Crippen LogP contribution in [0.5, 0.6) is 0 Å². The minimum Gasteiger partial charge on any atom is -0.477 e. The summed E-state index contributed by atoms with van der Waals surface area (Å²) in [6, 6.07) is 2.59. The Morgan fingerprint density at radius 3 is 2.42 bits per heavy atom. The van der Waals surface area contributed by atoms with E-state index in [-0.39, 0.29) is 17.7 Å². The summed E-state index contributed by atoms with van der Waals surface area (Å²) in [6.07, 6.45) is 1.17. The number of amides is 2. The van der Waals surface area contributed by atoms with Crippen LogP contribution in [0.2, 0.25) is 0 Å². The standard InChI is InChI=1S/C12H15N3O4/c1-12(2,5-9(13)16)15-10(17)7-3-4-8(11(18)19)14-6-7/h3-4,6H,5H2,1-2H3,(H2,13,16)(H,15,17)(H,18,19). The minimum absolute atomic E-state index is 0.000617. The molecule has 0 saturated carbocycles.